The van der Waals surface area contributed by atoms with Gasteiger partial charge in [-0.1, -0.05) is 35.9 Å². The summed E-state index contributed by atoms with van der Waals surface area (Å²) in [7, 11) is 0. The van der Waals surface area contributed by atoms with Crippen LogP contribution in [0.1, 0.15) is 28.9 Å². The summed E-state index contributed by atoms with van der Waals surface area (Å²) in [5.74, 6) is 0.681. The van der Waals surface area contributed by atoms with Gasteiger partial charge in [-0.15, -0.1) is 0 Å². The van der Waals surface area contributed by atoms with E-state index in [1.807, 2.05) is 48.2 Å². The molecule has 1 amide bonds. The molecule has 29 heavy (non-hydrogen) atoms. The summed E-state index contributed by atoms with van der Waals surface area (Å²) in [5, 5.41) is 8.53. The zero-order valence-corrected chi connectivity index (χ0v) is 17.5. The van der Waals surface area contributed by atoms with Crippen LogP contribution in [0.5, 0.6) is 0 Å². The molecule has 0 atom stereocenters. The minimum atomic E-state index is -0.245. The van der Waals surface area contributed by atoms with Gasteiger partial charge >= 0.3 is 0 Å². The number of halogens is 1. The molecule has 1 saturated heterocycles. The van der Waals surface area contributed by atoms with Crippen LogP contribution in [0.25, 0.3) is 5.69 Å². The van der Waals surface area contributed by atoms with Crippen LogP contribution < -0.4 is 5.32 Å². The zero-order chi connectivity index (χ0) is 20.1. The van der Waals surface area contributed by atoms with E-state index < -0.39 is 0 Å². The monoisotopic (exact) mass is 427 g/mol. The molecule has 2 aromatic carbocycles. The van der Waals surface area contributed by atoms with Gasteiger partial charge < -0.3 is 10.1 Å². The number of amides is 1. The van der Waals surface area contributed by atoms with Gasteiger partial charge in [-0.05, 0) is 48.7 Å². The maximum atomic E-state index is 12.6. The Labute approximate surface area is 179 Å². The lowest BCUT2D eigenvalue weighted by atomic mass is 10.2. The molecular formula is C22H22ClN3O2S. The van der Waals surface area contributed by atoms with Crippen LogP contribution in [0, 0.1) is 0 Å². The Balaban J connectivity index is 1.39. The highest BCUT2D eigenvalue weighted by atomic mass is 35.5. The third-order valence-corrected chi connectivity index (χ3v) is 6.52. The average molecular weight is 428 g/mol. The maximum absolute atomic E-state index is 12.6. The molecule has 0 saturated carbocycles. The maximum Gasteiger partial charge on any atom is 0.276 e. The van der Waals surface area contributed by atoms with Crippen molar-refractivity contribution in [2.45, 2.75) is 23.8 Å². The molecule has 4 rings (SSSR count). The highest BCUT2D eigenvalue weighted by molar-refractivity contribution is 7.99. The topological polar surface area (TPSA) is 56.1 Å². The van der Waals surface area contributed by atoms with Gasteiger partial charge in [0.15, 0.2) is 5.69 Å². The van der Waals surface area contributed by atoms with Crippen molar-refractivity contribution in [2.24, 2.45) is 0 Å². The third kappa shape index (κ3) is 5.21. The summed E-state index contributed by atoms with van der Waals surface area (Å²) >= 11 is 8.17. The molecule has 1 fully saturated rings. The number of hydrogen-bond donors (Lipinski definition) is 1. The molecule has 0 bridgehead atoms. The van der Waals surface area contributed by atoms with E-state index in [9.17, 15) is 4.79 Å². The smallest absolute Gasteiger partial charge is 0.276 e. The molecule has 3 aromatic rings. The number of nitrogens with one attached hydrogen (secondary N) is 1. The Hall–Kier alpha value is -2.28. The number of carbonyl (C=O) groups excluding carboxylic acids is 1. The number of nitrogens with zero attached hydrogens (tertiary/aromatic N) is 2. The summed E-state index contributed by atoms with van der Waals surface area (Å²) in [6.45, 7) is 1.71. The van der Waals surface area contributed by atoms with Crippen LogP contribution in [0.15, 0.2) is 60.8 Å². The van der Waals surface area contributed by atoms with Gasteiger partial charge in [-0.3, -0.25) is 4.79 Å². The number of carbonyl (C=O) groups is 1. The molecule has 0 spiro atoms. The van der Waals surface area contributed by atoms with Crippen LogP contribution >= 0.6 is 23.4 Å². The molecule has 0 aliphatic carbocycles. The number of aromatic nitrogens is 2. The van der Waals surface area contributed by atoms with Crippen LogP contribution in [0.3, 0.4) is 0 Å². The fourth-order valence-electron chi connectivity index (χ4n) is 3.21. The van der Waals surface area contributed by atoms with E-state index in [0.717, 1.165) is 43.2 Å². The first-order valence-corrected chi connectivity index (χ1v) is 11.0. The van der Waals surface area contributed by atoms with E-state index in [-0.39, 0.29) is 5.91 Å². The molecule has 0 unspecified atom stereocenters. The number of benzene rings is 2. The second-order valence-corrected chi connectivity index (χ2v) is 8.57. The summed E-state index contributed by atoms with van der Waals surface area (Å²) in [6.07, 6.45) is 3.95. The second-order valence-electron chi connectivity index (χ2n) is 6.87. The highest BCUT2D eigenvalue weighted by Crippen LogP contribution is 2.26. The lowest BCUT2D eigenvalue weighted by Gasteiger charge is -2.21. The predicted octanol–water partition coefficient (Wildman–Crippen LogP) is 5.19. The van der Waals surface area contributed by atoms with E-state index in [1.54, 1.807) is 23.0 Å². The average Bonchev–Trinajstić information content (AvgIpc) is 3.24. The van der Waals surface area contributed by atoms with Crippen LogP contribution in [-0.4, -0.2) is 34.2 Å². The second kappa shape index (κ2) is 9.48. The first-order valence-electron chi connectivity index (χ1n) is 9.59. The molecule has 1 aliphatic rings. The molecule has 1 N–H and O–H groups in total. The number of ether oxygens (including phenoxy) is 1. The van der Waals surface area contributed by atoms with Crippen molar-refractivity contribution in [1.29, 1.82) is 0 Å². The quantitative estimate of drug-likeness (QED) is 0.588. The van der Waals surface area contributed by atoms with Crippen LogP contribution in [0.4, 0.5) is 5.69 Å². The van der Waals surface area contributed by atoms with Crippen LogP contribution in [-0.2, 0) is 10.5 Å². The predicted molar refractivity (Wildman–Crippen MR) is 118 cm³/mol. The summed E-state index contributed by atoms with van der Waals surface area (Å²) in [6, 6.07) is 17.1. The van der Waals surface area contributed by atoms with E-state index in [1.165, 1.54) is 5.56 Å². The molecular weight excluding hydrogens is 406 g/mol. The Bertz CT molecular complexity index is 985. The van der Waals surface area contributed by atoms with E-state index in [2.05, 4.69) is 16.5 Å². The minimum absolute atomic E-state index is 0.245. The van der Waals surface area contributed by atoms with Crippen molar-refractivity contribution in [2.75, 3.05) is 18.5 Å². The van der Waals surface area contributed by atoms with Gasteiger partial charge in [0.05, 0.1) is 10.7 Å². The number of rotatable bonds is 6. The summed E-state index contributed by atoms with van der Waals surface area (Å²) in [4.78, 5) is 12.6. The largest absolute Gasteiger partial charge is 0.381 e. The Morgan fingerprint density at radius 3 is 2.83 bits per heavy atom. The van der Waals surface area contributed by atoms with Crippen molar-refractivity contribution in [3.8, 4) is 5.69 Å². The zero-order valence-electron chi connectivity index (χ0n) is 15.9. The Morgan fingerprint density at radius 1 is 1.17 bits per heavy atom. The minimum Gasteiger partial charge on any atom is -0.381 e. The lowest BCUT2D eigenvalue weighted by Crippen LogP contribution is -2.17. The molecule has 0 radical (unpaired) electrons. The third-order valence-electron chi connectivity index (χ3n) is 4.76. The van der Waals surface area contributed by atoms with E-state index >= 15 is 0 Å². The van der Waals surface area contributed by atoms with Crippen LogP contribution in [0.2, 0.25) is 5.02 Å². The number of thioether (sulfide) groups is 1. The fourth-order valence-corrected chi connectivity index (χ4v) is 4.56. The summed E-state index contributed by atoms with van der Waals surface area (Å²) < 4.78 is 7.03. The molecule has 5 nitrogen and oxygen atoms in total. The van der Waals surface area contributed by atoms with Gasteiger partial charge in [-0.2, -0.15) is 16.9 Å². The number of para-hydroxylation sites is 1. The van der Waals surface area contributed by atoms with Crippen molar-refractivity contribution in [3.05, 3.63) is 77.1 Å². The standard InChI is InChI=1S/C22H22ClN3O2S/c23-19-6-1-2-7-21(19)26-11-8-20(25-26)22(27)24-17-5-3-4-16(14-17)15-29-18-9-12-28-13-10-18/h1-8,11,14,18H,9-10,12-13,15H2,(H,24,27). The Kier molecular flexibility index (Phi) is 6.54. The van der Waals surface area contributed by atoms with Gasteiger partial charge in [0.2, 0.25) is 0 Å². The van der Waals surface area contributed by atoms with Crippen molar-refractivity contribution in [1.82, 2.24) is 9.78 Å². The lowest BCUT2D eigenvalue weighted by molar-refractivity contribution is 0.0999. The normalized spacial score (nSPS) is 14.7. The molecule has 7 heteroatoms. The van der Waals surface area contributed by atoms with Gasteiger partial charge in [-0.25, -0.2) is 4.68 Å². The highest BCUT2D eigenvalue weighted by Gasteiger charge is 2.15. The molecule has 2 heterocycles. The Morgan fingerprint density at radius 2 is 2.00 bits per heavy atom. The van der Waals surface area contributed by atoms with Gasteiger partial charge in [0.1, 0.15) is 0 Å². The number of hydrogen-bond acceptors (Lipinski definition) is 4. The van der Waals surface area contributed by atoms with Gasteiger partial charge in [0, 0.05) is 36.1 Å². The number of anilines is 1. The SMILES string of the molecule is O=C(Nc1cccc(CSC2CCOCC2)c1)c1ccn(-c2ccccc2Cl)n1. The first kappa shape index (κ1) is 20.0. The molecule has 1 aromatic heterocycles. The first-order chi connectivity index (χ1) is 14.2. The van der Waals surface area contributed by atoms with Crippen molar-refractivity contribution < 1.29 is 9.53 Å². The van der Waals surface area contributed by atoms with Crippen molar-refractivity contribution in [3.63, 3.8) is 0 Å². The van der Waals surface area contributed by atoms with E-state index in [4.69, 9.17) is 16.3 Å². The van der Waals surface area contributed by atoms with Crippen molar-refractivity contribution >= 4 is 35.0 Å². The molecule has 1 aliphatic heterocycles. The molecule has 150 valence electrons. The fraction of sp³-hybridized carbons (Fsp3) is 0.273. The van der Waals surface area contributed by atoms with E-state index in [0.29, 0.717) is 16.0 Å². The summed E-state index contributed by atoms with van der Waals surface area (Å²) in [5.41, 5.74) is 3.04. The van der Waals surface area contributed by atoms with Gasteiger partial charge in [0.25, 0.3) is 5.91 Å².